The van der Waals surface area contributed by atoms with Gasteiger partial charge in [0.05, 0.1) is 12.6 Å². The number of hydrogen-bond donors (Lipinski definition) is 0. The number of carbonyl (C=O) groups excluding carboxylic acids is 2. The third-order valence-electron chi connectivity index (χ3n) is 22.1. The van der Waals surface area contributed by atoms with Crippen molar-refractivity contribution in [2.24, 2.45) is 0 Å². The number of aromatic nitrogens is 3. The van der Waals surface area contributed by atoms with Crippen molar-refractivity contribution >= 4 is 55.3 Å². The summed E-state index contributed by atoms with van der Waals surface area (Å²) in [7, 11) is 6.16. The maximum absolute atomic E-state index is 13.6. The monoisotopic (exact) mass is 1310 g/mol. The Morgan fingerprint density at radius 3 is 1.41 bits per heavy atom. The maximum atomic E-state index is 13.6. The number of nitrogens with zero attached hydrogens (tertiary/aromatic N) is 11. The van der Waals surface area contributed by atoms with Crippen LogP contribution in [0.2, 0.25) is 0 Å². The lowest BCUT2D eigenvalue weighted by Crippen LogP contribution is -2.49. The van der Waals surface area contributed by atoms with Crippen molar-refractivity contribution in [2.75, 3.05) is 152 Å². The first kappa shape index (κ1) is 68.3. The zero-order chi connectivity index (χ0) is 67.7. The van der Waals surface area contributed by atoms with E-state index in [-0.39, 0.29) is 11.8 Å². The lowest BCUT2D eigenvalue weighted by Gasteiger charge is -2.35. The van der Waals surface area contributed by atoms with Crippen LogP contribution in [0.5, 0.6) is 5.75 Å². The molecule has 7 aromatic carbocycles. The van der Waals surface area contributed by atoms with Gasteiger partial charge in [0, 0.05) is 187 Å². The smallest absolute Gasteiger partial charge is 0.253 e. The Balaban J connectivity index is 0.000000177. The van der Waals surface area contributed by atoms with E-state index in [0.717, 1.165) is 133 Å². The van der Waals surface area contributed by atoms with Crippen LogP contribution < -0.4 is 4.74 Å². The minimum absolute atomic E-state index is 0.142. The van der Waals surface area contributed by atoms with E-state index < -0.39 is 0 Å². The predicted octanol–water partition coefficient (Wildman–Crippen LogP) is 12.7. The number of aryl methyl sites for hydroxylation is 4. The fourth-order valence-corrected chi connectivity index (χ4v) is 15.6. The van der Waals surface area contributed by atoms with Gasteiger partial charge in [-0.15, -0.1) is 0 Å². The highest BCUT2D eigenvalue weighted by molar-refractivity contribution is 5.95. The highest BCUT2D eigenvalue weighted by atomic mass is 16.5. The summed E-state index contributed by atoms with van der Waals surface area (Å²) < 4.78 is 10.5. The van der Waals surface area contributed by atoms with Crippen molar-refractivity contribution in [3.8, 4) is 5.75 Å². The van der Waals surface area contributed by atoms with E-state index in [2.05, 4.69) is 201 Å². The van der Waals surface area contributed by atoms with Crippen LogP contribution in [0.1, 0.15) is 89.5 Å². The van der Waals surface area contributed by atoms with Gasteiger partial charge in [0.25, 0.3) is 11.8 Å². The highest BCUT2D eigenvalue weighted by Gasteiger charge is 2.26. The van der Waals surface area contributed by atoms with Gasteiger partial charge in [-0.2, -0.15) is 0 Å². The number of likely N-dealkylation sites (N-methyl/N-ethyl adjacent to an activating group) is 2. The number of rotatable bonds is 21. The first-order chi connectivity index (χ1) is 47.8. The molecule has 2 amide bonds. The summed E-state index contributed by atoms with van der Waals surface area (Å²) in [5.41, 5.74) is 18.4. The average molecular weight is 1310 g/mol. The topological polar surface area (TPSA) is 92.0 Å². The number of fused-ring (bicyclic) bond motifs is 4. The summed E-state index contributed by atoms with van der Waals surface area (Å²) in [5, 5.41) is 6.40. The minimum Gasteiger partial charge on any atom is -0.497 e. The van der Waals surface area contributed by atoms with Crippen LogP contribution in [0, 0.1) is 27.7 Å². The molecule has 7 heterocycles. The maximum Gasteiger partial charge on any atom is 0.253 e. The fraction of sp³-hybridized carbons (Fsp3) is 0.417. The third kappa shape index (κ3) is 16.4. The fourth-order valence-electron chi connectivity index (χ4n) is 15.6. The Hall–Kier alpha value is -8.21. The van der Waals surface area contributed by atoms with Crippen LogP contribution in [0.3, 0.4) is 0 Å². The number of ether oxygens (including phenoxy) is 1. The molecule has 4 aliphatic rings. The van der Waals surface area contributed by atoms with Crippen LogP contribution in [-0.2, 0) is 38.8 Å². The molecule has 4 saturated heterocycles. The van der Waals surface area contributed by atoms with E-state index in [1.54, 1.807) is 7.11 Å². The van der Waals surface area contributed by atoms with Gasteiger partial charge in [-0.1, -0.05) is 72.8 Å². The van der Waals surface area contributed by atoms with Gasteiger partial charge in [0.15, 0.2) is 0 Å². The number of benzene rings is 7. The van der Waals surface area contributed by atoms with Crippen molar-refractivity contribution in [2.45, 2.75) is 79.3 Å². The van der Waals surface area contributed by atoms with E-state index in [1.807, 2.05) is 52.4 Å². The molecule has 4 aliphatic heterocycles. The second kappa shape index (κ2) is 31.8. The predicted molar refractivity (Wildman–Crippen MR) is 403 cm³/mol. The molecule has 4 fully saturated rings. The van der Waals surface area contributed by atoms with Crippen LogP contribution in [0.15, 0.2) is 158 Å². The Labute approximate surface area is 582 Å². The van der Waals surface area contributed by atoms with Crippen LogP contribution in [0.25, 0.3) is 43.5 Å². The van der Waals surface area contributed by atoms with Gasteiger partial charge < -0.3 is 43.3 Å². The Kier molecular flexibility index (Phi) is 22.1. The molecule has 0 unspecified atom stereocenters. The van der Waals surface area contributed by atoms with E-state index in [1.165, 1.54) is 166 Å². The van der Waals surface area contributed by atoms with E-state index in [4.69, 9.17) is 4.74 Å². The Morgan fingerprint density at radius 1 is 0.408 bits per heavy atom. The van der Waals surface area contributed by atoms with Gasteiger partial charge in [-0.3, -0.25) is 24.4 Å². The number of hydrogen-bond acceptors (Lipinski definition) is 10. The van der Waals surface area contributed by atoms with Crippen LogP contribution in [0.4, 0.5) is 0 Å². The third-order valence-corrected chi connectivity index (χ3v) is 22.1. The molecule has 0 spiro atoms. The van der Waals surface area contributed by atoms with E-state index in [9.17, 15) is 9.59 Å². The summed E-state index contributed by atoms with van der Waals surface area (Å²) in [6.45, 7) is 31.6. The SMILES string of the molecule is COc1ccc2cccc(CCN3CCN(C(=O)c4cccc(Cc5ccc6c(c5)c(C)c(C)n6CCCN5CCN(C)CC5)c4)CC3)c2c1.Cc1c(C)n(CCCN2CCN(C)CC2)c2ccc(Cc3cccc(C(=O)N4CCN(CCc5ccc6ncccc6c5)CC4)c3)cc12. The van der Waals surface area contributed by atoms with E-state index in [0.29, 0.717) is 0 Å². The molecule has 512 valence electrons. The second-order valence-corrected chi connectivity index (χ2v) is 28.5. The molecule has 98 heavy (non-hydrogen) atoms. The lowest BCUT2D eigenvalue weighted by molar-refractivity contribution is 0.0632. The first-order valence-electron chi connectivity index (χ1n) is 36.4. The van der Waals surface area contributed by atoms with Gasteiger partial charge in [0.1, 0.15) is 5.75 Å². The van der Waals surface area contributed by atoms with Gasteiger partial charge in [-0.05, 0) is 228 Å². The number of piperazine rings is 4. The van der Waals surface area contributed by atoms with Crippen LogP contribution >= 0.6 is 0 Å². The van der Waals surface area contributed by atoms with E-state index >= 15 is 0 Å². The molecule has 0 aliphatic carbocycles. The van der Waals surface area contributed by atoms with Crippen molar-refractivity contribution in [1.29, 1.82) is 0 Å². The van der Waals surface area contributed by atoms with Crippen molar-refractivity contribution in [3.05, 3.63) is 225 Å². The number of amides is 2. The number of methoxy groups -OCH3 is 1. The minimum atomic E-state index is 0.142. The highest BCUT2D eigenvalue weighted by Crippen LogP contribution is 2.31. The molecular weight excluding hydrogens is 1210 g/mol. The van der Waals surface area contributed by atoms with Crippen molar-refractivity contribution < 1.29 is 14.3 Å². The zero-order valence-electron chi connectivity index (χ0n) is 59.5. The number of pyridine rings is 1. The lowest BCUT2D eigenvalue weighted by atomic mass is 10.00. The molecule has 0 N–H and O–H groups in total. The number of carbonyl (C=O) groups is 2. The molecule has 3 aromatic heterocycles. The Bertz CT molecular complexity index is 4390. The van der Waals surface area contributed by atoms with Crippen LogP contribution in [-0.4, -0.2) is 217 Å². The molecule has 14 heteroatoms. The Morgan fingerprint density at radius 2 is 0.878 bits per heavy atom. The molecule has 0 radical (unpaired) electrons. The van der Waals surface area contributed by atoms with Gasteiger partial charge >= 0.3 is 0 Å². The molecular formula is C84H103N11O3. The summed E-state index contributed by atoms with van der Waals surface area (Å²) in [6, 6.07) is 54.0. The van der Waals surface area contributed by atoms with Crippen molar-refractivity contribution in [1.82, 2.24) is 53.3 Å². The molecule has 14 nitrogen and oxygen atoms in total. The standard InChI is InChI=1S/C43H53N5O2.C41H50N6O/c1-32-33(2)48(18-7-17-45-22-20-44(3)21-23-45)42-15-12-35(30-40(32)42)28-34-8-5-11-38(29-34)43(49)47-26-24-46(25-27-47)19-16-37-10-6-9-36-13-14-39(50-4)31-41(36)37;1-31-32(2)47(17-6-16-44-21-19-43(3)20-22-44)40-13-11-35(30-38(31)40)27-34-7-4-8-37(29-34)41(48)46-25-23-45(24-26-46)18-14-33-10-12-39-36(28-33)9-5-15-42-39/h5-6,8-15,29-31H,7,16-28H2,1-4H3;4-5,7-13,15,28-30H,6,14,16-27H2,1-3H3. The summed E-state index contributed by atoms with van der Waals surface area (Å²) in [6.07, 6.45) is 7.82. The zero-order valence-corrected chi connectivity index (χ0v) is 59.5. The summed E-state index contributed by atoms with van der Waals surface area (Å²) >= 11 is 0. The summed E-state index contributed by atoms with van der Waals surface area (Å²) in [4.78, 5) is 50.7. The van der Waals surface area contributed by atoms with Gasteiger partial charge in [-0.25, -0.2) is 0 Å². The molecule has 14 rings (SSSR count). The molecule has 0 bridgehead atoms. The normalized spacial score (nSPS) is 16.6. The first-order valence-corrected chi connectivity index (χ1v) is 36.4. The largest absolute Gasteiger partial charge is 0.497 e. The summed E-state index contributed by atoms with van der Waals surface area (Å²) in [5.74, 6) is 1.18. The van der Waals surface area contributed by atoms with Crippen molar-refractivity contribution in [3.63, 3.8) is 0 Å². The van der Waals surface area contributed by atoms with Gasteiger partial charge in [0.2, 0.25) is 0 Å². The quantitative estimate of drug-likeness (QED) is 0.0693. The molecule has 0 atom stereocenters. The average Bonchev–Trinajstić information content (AvgIpc) is 1.63. The molecule has 10 aromatic rings. The second-order valence-electron chi connectivity index (χ2n) is 28.5. The molecule has 0 saturated carbocycles.